The van der Waals surface area contributed by atoms with Crippen molar-refractivity contribution >= 4 is 45.8 Å². The minimum atomic E-state index is -0.814. The molecule has 0 saturated carbocycles. The number of hydrogen-bond acceptors (Lipinski definition) is 2. The van der Waals surface area contributed by atoms with Crippen LogP contribution < -0.4 is 4.74 Å². The number of aliphatic hydroxyl groups excluding tert-OH is 1. The van der Waals surface area contributed by atoms with Crippen LogP contribution in [0.25, 0.3) is 0 Å². The van der Waals surface area contributed by atoms with Gasteiger partial charge in [0.05, 0.1) is 16.7 Å². The van der Waals surface area contributed by atoms with Gasteiger partial charge in [-0.05, 0) is 53.3 Å². The Bertz CT molecular complexity index is 617. The molecule has 0 fully saturated rings. The Morgan fingerprint density at radius 1 is 1.20 bits per heavy atom. The molecule has 2 aromatic carbocycles. The van der Waals surface area contributed by atoms with Gasteiger partial charge in [0.2, 0.25) is 0 Å². The lowest BCUT2D eigenvalue weighted by molar-refractivity contribution is 0.220. The molecule has 1 unspecified atom stereocenters. The molecule has 2 nitrogen and oxygen atoms in total. The molecule has 0 radical (unpaired) electrons. The molecule has 0 aromatic heterocycles. The molecule has 0 heterocycles. The molecule has 0 spiro atoms. The fraction of sp³-hybridized carbons (Fsp3) is 0.200. The van der Waals surface area contributed by atoms with Crippen LogP contribution in [0.5, 0.6) is 5.75 Å². The second kappa shape index (κ2) is 6.98. The molecular formula is C15H13Cl2IO2. The summed E-state index contributed by atoms with van der Waals surface area (Å²) in [6.45, 7) is 2.38. The summed E-state index contributed by atoms with van der Waals surface area (Å²) in [6, 6.07) is 10.9. The van der Waals surface area contributed by atoms with Gasteiger partial charge >= 0.3 is 0 Å². The zero-order chi connectivity index (χ0) is 14.7. The van der Waals surface area contributed by atoms with Crippen molar-refractivity contribution in [1.29, 1.82) is 0 Å². The van der Waals surface area contributed by atoms with Crippen molar-refractivity contribution in [3.63, 3.8) is 0 Å². The Hall–Kier alpha value is -0.490. The maximum Gasteiger partial charge on any atom is 0.139 e. The van der Waals surface area contributed by atoms with Crippen LogP contribution in [-0.2, 0) is 0 Å². The highest BCUT2D eigenvalue weighted by Gasteiger charge is 2.17. The van der Waals surface area contributed by atoms with Gasteiger partial charge in [-0.15, -0.1) is 0 Å². The van der Waals surface area contributed by atoms with Gasteiger partial charge in [-0.3, -0.25) is 0 Å². The first-order valence-electron chi connectivity index (χ1n) is 6.08. The van der Waals surface area contributed by atoms with E-state index in [1.165, 1.54) is 0 Å². The Morgan fingerprint density at radius 3 is 2.60 bits per heavy atom. The summed E-state index contributed by atoms with van der Waals surface area (Å²) >= 11 is 14.6. The molecule has 0 aliphatic heterocycles. The van der Waals surface area contributed by atoms with Gasteiger partial charge in [-0.2, -0.15) is 0 Å². The average Bonchev–Trinajstić information content (AvgIpc) is 2.42. The van der Waals surface area contributed by atoms with E-state index in [0.717, 1.165) is 9.13 Å². The molecule has 0 bridgehead atoms. The third kappa shape index (κ3) is 3.58. The number of rotatable bonds is 4. The highest BCUT2D eigenvalue weighted by Crippen LogP contribution is 2.36. The molecule has 106 valence electrons. The monoisotopic (exact) mass is 422 g/mol. The maximum atomic E-state index is 10.5. The zero-order valence-corrected chi connectivity index (χ0v) is 14.4. The first-order chi connectivity index (χ1) is 9.52. The van der Waals surface area contributed by atoms with E-state index < -0.39 is 6.10 Å². The normalized spacial score (nSPS) is 12.2. The molecule has 20 heavy (non-hydrogen) atoms. The summed E-state index contributed by atoms with van der Waals surface area (Å²) in [5, 5.41) is 11.3. The van der Waals surface area contributed by atoms with Crippen LogP contribution in [0.1, 0.15) is 24.2 Å². The van der Waals surface area contributed by atoms with Gasteiger partial charge < -0.3 is 9.84 Å². The highest BCUT2D eigenvalue weighted by molar-refractivity contribution is 14.1. The molecule has 1 N–H and O–H groups in total. The van der Waals surface area contributed by atoms with E-state index in [1.807, 2.05) is 31.2 Å². The number of aliphatic hydroxyl groups is 1. The maximum absolute atomic E-state index is 10.5. The zero-order valence-electron chi connectivity index (χ0n) is 10.7. The first-order valence-corrected chi connectivity index (χ1v) is 7.91. The van der Waals surface area contributed by atoms with Crippen molar-refractivity contribution in [3.05, 3.63) is 61.1 Å². The van der Waals surface area contributed by atoms with Gasteiger partial charge in [0.15, 0.2) is 0 Å². The van der Waals surface area contributed by atoms with Gasteiger partial charge in [0.1, 0.15) is 11.9 Å². The predicted octanol–water partition coefficient (Wildman–Crippen LogP) is 5.08. The average molecular weight is 423 g/mol. The Kier molecular flexibility index (Phi) is 5.55. The minimum Gasteiger partial charge on any atom is -0.492 e. The highest BCUT2D eigenvalue weighted by atomic mass is 127. The summed E-state index contributed by atoms with van der Waals surface area (Å²) < 4.78 is 6.43. The Labute approximate surface area is 141 Å². The predicted molar refractivity (Wildman–Crippen MR) is 90.9 cm³/mol. The van der Waals surface area contributed by atoms with Crippen molar-refractivity contribution in [2.45, 2.75) is 13.0 Å². The molecule has 2 aromatic rings. The van der Waals surface area contributed by atoms with Gasteiger partial charge in [0, 0.05) is 15.2 Å². The van der Waals surface area contributed by atoms with E-state index in [2.05, 4.69) is 22.6 Å². The number of halogens is 3. The van der Waals surface area contributed by atoms with Crippen molar-refractivity contribution in [3.8, 4) is 5.75 Å². The fourth-order valence-corrected chi connectivity index (χ4v) is 2.93. The summed E-state index contributed by atoms with van der Waals surface area (Å²) in [5.41, 5.74) is 1.35. The van der Waals surface area contributed by atoms with Crippen LogP contribution in [0.15, 0.2) is 36.4 Å². The minimum absolute atomic E-state index is 0.434. The molecule has 0 aliphatic carbocycles. The molecule has 1 atom stereocenters. The van der Waals surface area contributed by atoms with Crippen molar-refractivity contribution in [2.75, 3.05) is 6.61 Å². The Balaban J connectivity index is 2.40. The number of ether oxygens (including phenoxy) is 1. The molecule has 0 amide bonds. The standard InChI is InChI=1S/C15H13Cl2IO2/c1-2-20-14-8-12(16)11(7-13(14)17)15(19)9-4-3-5-10(18)6-9/h3-8,15,19H,2H2,1H3. The van der Waals surface area contributed by atoms with Crippen LogP contribution in [0.4, 0.5) is 0 Å². The second-order valence-corrected chi connectivity index (χ2v) is 6.25. The number of hydrogen-bond donors (Lipinski definition) is 1. The lowest BCUT2D eigenvalue weighted by Crippen LogP contribution is -2.02. The van der Waals surface area contributed by atoms with Crippen LogP contribution in [0.2, 0.25) is 10.0 Å². The van der Waals surface area contributed by atoms with E-state index in [9.17, 15) is 5.11 Å². The van der Waals surface area contributed by atoms with Crippen molar-refractivity contribution in [1.82, 2.24) is 0 Å². The summed E-state index contributed by atoms with van der Waals surface area (Å²) in [5.74, 6) is 0.526. The van der Waals surface area contributed by atoms with E-state index in [-0.39, 0.29) is 0 Å². The van der Waals surface area contributed by atoms with E-state index in [4.69, 9.17) is 27.9 Å². The Morgan fingerprint density at radius 2 is 1.95 bits per heavy atom. The van der Waals surface area contributed by atoms with Gasteiger partial charge in [0.25, 0.3) is 0 Å². The van der Waals surface area contributed by atoms with Crippen LogP contribution >= 0.6 is 45.8 Å². The molecule has 2 rings (SSSR count). The topological polar surface area (TPSA) is 29.5 Å². The van der Waals surface area contributed by atoms with E-state index in [1.54, 1.807) is 12.1 Å². The van der Waals surface area contributed by atoms with E-state index in [0.29, 0.717) is 28.0 Å². The number of benzene rings is 2. The van der Waals surface area contributed by atoms with Crippen molar-refractivity contribution in [2.24, 2.45) is 0 Å². The molecule has 5 heteroatoms. The van der Waals surface area contributed by atoms with E-state index >= 15 is 0 Å². The fourth-order valence-electron chi connectivity index (χ4n) is 1.88. The molecule has 0 saturated heterocycles. The third-order valence-electron chi connectivity index (χ3n) is 2.81. The van der Waals surface area contributed by atoms with Crippen LogP contribution in [0, 0.1) is 3.57 Å². The third-order valence-corrected chi connectivity index (χ3v) is 4.10. The SMILES string of the molecule is CCOc1cc(Cl)c(C(O)c2cccc(I)c2)cc1Cl. The second-order valence-electron chi connectivity index (χ2n) is 4.19. The summed E-state index contributed by atoms with van der Waals surface area (Å²) in [6.07, 6.45) is -0.814. The van der Waals surface area contributed by atoms with Crippen LogP contribution in [0.3, 0.4) is 0 Å². The lowest BCUT2D eigenvalue weighted by atomic mass is 10.0. The summed E-state index contributed by atoms with van der Waals surface area (Å²) in [4.78, 5) is 0. The smallest absolute Gasteiger partial charge is 0.139 e. The summed E-state index contributed by atoms with van der Waals surface area (Å²) in [7, 11) is 0. The quantitative estimate of drug-likeness (QED) is 0.696. The van der Waals surface area contributed by atoms with Crippen molar-refractivity contribution < 1.29 is 9.84 Å². The first kappa shape index (κ1) is 15.9. The molecule has 0 aliphatic rings. The van der Waals surface area contributed by atoms with Crippen LogP contribution in [-0.4, -0.2) is 11.7 Å². The van der Waals surface area contributed by atoms with Gasteiger partial charge in [-0.25, -0.2) is 0 Å². The van der Waals surface area contributed by atoms with Gasteiger partial charge in [-0.1, -0.05) is 35.3 Å². The largest absolute Gasteiger partial charge is 0.492 e. The molecular weight excluding hydrogens is 410 g/mol. The lowest BCUT2D eigenvalue weighted by Gasteiger charge is -2.16.